The first-order valence-corrected chi connectivity index (χ1v) is 25.0. The lowest BCUT2D eigenvalue weighted by Gasteiger charge is -2.24. The average molecular weight is 1050 g/mol. The predicted octanol–water partition coefficient (Wildman–Crippen LogP) is 6.18. The van der Waals surface area contributed by atoms with Gasteiger partial charge in [0.2, 0.25) is 0 Å². The Kier molecular flexibility index (Phi) is 27.8. The number of aromatic nitrogens is 3. The number of nitrogen functional groups attached to an aromatic ring is 2. The summed E-state index contributed by atoms with van der Waals surface area (Å²) in [6.07, 6.45) is 12.1. The summed E-state index contributed by atoms with van der Waals surface area (Å²) in [5.41, 5.74) is 17.3. The Bertz CT molecular complexity index is 1910. The van der Waals surface area contributed by atoms with E-state index in [-0.39, 0.29) is 78.3 Å². The van der Waals surface area contributed by atoms with Gasteiger partial charge in [0.05, 0.1) is 56.7 Å². The number of rotatable bonds is 12. The predicted molar refractivity (Wildman–Crippen MR) is 293 cm³/mol. The summed E-state index contributed by atoms with van der Waals surface area (Å²) in [5.74, 6) is 3.30. The van der Waals surface area contributed by atoms with Crippen LogP contribution in [0.25, 0.3) is 0 Å². The minimum absolute atomic E-state index is 0. The van der Waals surface area contributed by atoms with Crippen LogP contribution < -0.4 is 16.8 Å². The number of nitrogens with two attached hydrogens (primary N) is 2. The maximum atomic E-state index is 11.7. The highest BCUT2D eigenvalue weighted by Crippen LogP contribution is 2.32. The third kappa shape index (κ3) is 19.3. The van der Waals surface area contributed by atoms with Gasteiger partial charge >= 0.3 is 6.09 Å². The van der Waals surface area contributed by atoms with Crippen molar-refractivity contribution >= 4 is 64.0 Å². The molecule has 20 heteroatoms. The van der Waals surface area contributed by atoms with Crippen molar-refractivity contribution in [2.24, 2.45) is 5.92 Å². The van der Waals surface area contributed by atoms with Crippen LogP contribution in [-0.4, -0.2) is 142 Å². The van der Waals surface area contributed by atoms with Crippen LogP contribution in [-0.2, 0) is 38.6 Å². The van der Waals surface area contributed by atoms with Crippen molar-refractivity contribution in [3.8, 4) is 0 Å². The van der Waals surface area contributed by atoms with E-state index >= 15 is 0 Å². The number of aliphatic hydroxyl groups is 4. The first-order valence-electron chi connectivity index (χ1n) is 25.0. The van der Waals surface area contributed by atoms with Gasteiger partial charge in [-0.15, -0.1) is 0 Å². The van der Waals surface area contributed by atoms with E-state index in [4.69, 9.17) is 35.5 Å². The van der Waals surface area contributed by atoms with Crippen molar-refractivity contribution < 1.29 is 44.2 Å². The van der Waals surface area contributed by atoms with Gasteiger partial charge in [0.15, 0.2) is 0 Å². The summed E-state index contributed by atoms with van der Waals surface area (Å²) < 4.78 is 21.5. The summed E-state index contributed by atoms with van der Waals surface area (Å²) in [4.78, 5) is 29.7. The number of aliphatic hydroxyl groups excluding tert-OH is 4. The maximum Gasteiger partial charge on any atom is 0.413 e. The highest BCUT2D eigenvalue weighted by molar-refractivity contribution is 7.59. The number of ether oxygens (including phenoxy) is 4. The molecule has 5 atom stereocenters. The molecule has 0 aromatic carbocycles. The van der Waals surface area contributed by atoms with E-state index in [1.165, 1.54) is 36.8 Å². The van der Waals surface area contributed by atoms with Gasteiger partial charge in [-0.3, -0.25) is 15.1 Å². The molecule has 3 aromatic heterocycles. The van der Waals surface area contributed by atoms with Gasteiger partial charge in [-0.05, 0) is 132 Å². The Morgan fingerprint density at radius 2 is 1.06 bits per heavy atom. The van der Waals surface area contributed by atoms with Crippen LogP contribution in [0.4, 0.5) is 22.2 Å². The van der Waals surface area contributed by atoms with Crippen molar-refractivity contribution in [3.63, 3.8) is 0 Å². The summed E-state index contributed by atoms with van der Waals surface area (Å²) >= 11 is 0. The fourth-order valence-electron chi connectivity index (χ4n) is 10.1. The van der Waals surface area contributed by atoms with Crippen LogP contribution in [0.1, 0.15) is 143 Å². The Balaban J connectivity index is 0.000000258. The van der Waals surface area contributed by atoms with Crippen molar-refractivity contribution in [2.45, 2.75) is 147 Å². The Morgan fingerprint density at radius 3 is 1.42 bits per heavy atom. The fraction of sp³-hybridized carbons (Fsp3) is 0.686. The number of nitrogens with zero attached hydrogens (tertiary/aromatic N) is 5. The summed E-state index contributed by atoms with van der Waals surface area (Å²) in [6, 6.07) is 12.1. The van der Waals surface area contributed by atoms with Gasteiger partial charge in [0, 0.05) is 69.4 Å². The number of amides is 1. The quantitative estimate of drug-likeness (QED) is 0.107. The molecule has 3 unspecified atom stereocenters. The standard InChI is InChI=1S/2C15H23N3O2.C15H22N2O4.C6H12O.3H2S/c2*16-15-4-3-13(11-5-7-20-10-11)14(17-15)8-18-6-1-2-12(18)9-19;1-15(2,3)21-14(19)17-13-5-4-11(12(8-18)16-13)10-6-7-20-9-10;7-5-6-3-1-2-4-6;;;/h2*3-4,11-12,19H,1-2,5-10H2,(H2,16,17);4-5,10,18H,6-9H2,1-3H3,(H,16,17,19);6-7H,1-5H2;3*1H2/t2*11?,12-;;;;;/m00...../s1. The lowest BCUT2D eigenvalue weighted by atomic mass is 9.96. The number of carbonyl (C=O) groups is 1. The van der Waals surface area contributed by atoms with Gasteiger partial charge in [0.25, 0.3) is 0 Å². The van der Waals surface area contributed by atoms with Crippen LogP contribution in [0.15, 0.2) is 36.4 Å². The van der Waals surface area contributed by atoms with Gasteiger partial charge in [-0.25, -0.2) is 19.7 Å². The van der Waals surface area contributed by atoms with Crippen molar-refractivity contribution in [2.75, 3.05) is 89.3 Å². The second-order valence-electron chi connectivity index (χ2n) is 20.0. The molecule has 9 rings (SSSR count). The zero-order valence-electron chi connectivity index (χ0n) is 42.3. The zero-order chi connectivity index (χ0) is 48.5. The van der Waals surface area contributed by atoms with E-state index < -0.39 is 11.7 Å². The van der Waals surface area contributed by atoms with Crippen LogP contribution in [0.3, 0.4) is 0 Å². The molecule has 5 aliphatic heterocycles. The molecule has 0 radical (unpaired) electrons. The lowest BCUT2D eigenvalue weighted by Crippen LogP contribution is -2.32. The number of likely N-dealkylation sites (tertiary alicyclic amines) is 2. The van der Waals surface area contributed by atoms with Gasteiger partial charge in [-0.1, -0.05) is 31.0 Å². The monoisotopic (exact) mass is 1050 g/mol. The largest absolute Gasteiger partial charge is 0.444 e. The van der Waals surface area contributed by atoms with E-state index in [0.29, 0.717) is 54.1 Å². The molecule has 1 saturated carbocycles. The molecule has 0 spiro atoms. The molecule has 9 N–H and O–H groups in total. The molecule has 5 saturated heterocycles. The van der Waals surface area contributed by atoms with Gasteiger partial charge in [-0.2, -0.15) is 40.5 Å². The van der Waals surface area contributed by atoms with E-state index in [9.17, 15) is 20.1 Å². The number of pyridine rings is 3. The van der Waals surface area contributed by atoms with Crippen molar-refractivity contribution in [1.82, 2.24) is 24.8 Å². The number of carbonyl (C=O) groups excluding carboxylic acids is 1. The molecule has 1 aliphatic carbocycles. The molecule has 402 valence electrons. The van der Waals surface area contributed by atoms with Crippen molar-refractivity contribution in [3.05, 3.63) is 70.2 Å². The second kappa shape index (κ2) is 31.7. The number of hydrogen-bond acceptors (Lipinski definition) is 16. The van der Waals surface area contributed by atoms with Gasteiger partial charge in [0.1, 0.15) is 23.1 Å². The normalized spacial score (nSPS) is 23.2. The Morgan fingerprint density at radius 1 is 0.620 bits per heavy atom. The van der Waals surface area contributed by atoms with Crippen molar-refractivity contribution in [1.29, 1.82) is 0 Å². The molecule has 71 heavy (non-hydrogen) atoms. The molecule has 3 aromatic rings. The molecule has 8 heterocycles. The number of anilines is 3. The molecule has 6 aliphatic rings. The fourth-order valence-corrected chi connectivity index (χ4v) is 10.1. The topological polar surface area (TPSA) is 244 Å². The minimum Gasteiger partial charge on any atom is -0.444 e. The first kappa shape index (κ1) is 62.3. The molecule has 0 bridgehead atoms. The third-order valence-corrected chi connectivity index (χ3v) is 13.8. The Hall–Kier alpha value is -2.99. The Labute approximate surface area is 442 Å². The summed E-state index contributed by atoms with van der Waals surface area (Å²) in [7, 11) is 0. The summed E-state index contributed by atoms with van der Waals surface area (Å²) in [6.45, 7) is 14.3. The molecular weight excluding hydrogens is 965 g/mol. The van der Waals surface area contributed by atoms with E-state index in [1.54, 1.807) is 26.8 Å². The van der Waals surface area contributed by atoms with E-state index in [2.05, 4.69) is 42.2 Å². The first-order chi connectivity index (χ1) is 32.9. The average Bonchev–Trinajstić information content (AvgIpc) is 4.19. The zero-order valence-corrected chi connectivity index (χ0v) is 45.3. The number of nitrogens with one attached hydrogen (secondary N) is 1. The second-order valence-corrected chi connectivity index (χ2v) is 20.0. The van der Waals surface area contributed by atoms with Crippen LogP contribution in [0, 0.1) is 5.92 Å². The SMILES string of the molecule is CC(C)(C)OC(=O)Nc1ccc(C2CCOC2)c(CO)n1.Nc1ccc(C2CCOC2)c(CN2CCC[C@H]2CO)n1.Nc1ccc(C2CCOC2)c(CN2CCC[C@H]2CO)n1.OCC1CCCC1.S.S.S. The third-order valence-electron chi connectivity index (χ3n) is 13.8. The maximum absolute atomic E-state index is 11.7. The van der Waals surface area contributed by atoms with Gasteiger partial charge < -0.3 is 50.8 Å². The van der Waals surface area contributed by atoms with E-state index in [0.717, 1.165) is 121 Å². The minimum atomic E-state index is -0.564. The molecule has 6 fully saturated rings. The van der Waals surface area contributed by atoms with Crippen LogP contribution in [0.2, 0.25) is 0 Å². The van der Waals surface area contributed by atoms with E-state index in [1.807, 2.05) is 18.2 Å². The lowest BCUT2D eigenvalue weighted by molar-refractivity contribution is 0.0635. The summed E-state index contributed by atoms with van der Waals surface area (Å²) in [5, 5.41) is 39.5. The van der Waals surface area contributed by atoms with Crippen LogP contribution in [0.5, 0.6) is 0 Å². The molecule has 17 nitrogen and oxygen atoms in total. The molecular formula is C51H86N8O9S3. The highest BCUT2D eigenvalue weighted by atomic mass is 32.1. The highest BCUT2D eigenvalue weighted by Gasteiger charge is 2.30. The molecule has 1 amide bonds. The van der Waals surface area contributed by atoms with Crippen LogP contribution >= 0.6 is 40.5 Å². The smallest absolute Gasteiger partial charge is 0.413 e. The number of hydrogen-bond donors (Lipinski definition) is 7.